The summed E-state index contributed by atoms with van der Waals surface area (Å²) in [5, 5.41) is 0. The van der Waals surface area contributed by atoms with E-state index >= 15 is 0 Å². The van der Waals surface area contributed by atoms with Gasteiger partial charge in [0.25, 0.3) is 0 Å². The number of pyridine rings is 1. The first kappa shape index (κ1) is 12.3. The van der Waals surface area contributed by atoms with Crippen molar-refractivity contribution in [1.29, 1.82) is 0 Å². The van der Waals surface area contributed by atoms with Gasteiger partial charge in [0, 0.05) is 17.6 Å². The van der Waals surface area contributed by atoms with E-state index in [2.05, 4.69) is 25.8 Å². The first-order valence-corrected chi connectivity index (χ1v) is 5.90. The summed E-state index contributed by atoms with van der Waals surface area (Å²) in [5.74, 6) is 1.60. The number of hydrogen-bond donors (Lipinski definition) is 0. The minimum Gasteiger partial charge on any atom is -0.478 e. The number of alkyl halides is 1. The Labute approximate surface area is 96.6 Å². The van der Waals surface area contributed by atoms with Crippen LogP contribution in [0.15, 0.2) is 12.1 Å². The highest BCUT2D eigenvalue weighted by atomic mass is 35.5. The highest BCUT2D eigenvalue weighted by Gasteiger charge is 2.06. The highest BCUT2D eigenvalue weighted by molar-refractivity contribution is 6.17. The zero-order valence-corrected chi connectivity index (χ0v) is 10.3. The molecule has 0 radical (unpaired) electrons. The van der Waals surface area contributed by atoms with Crippen LogP contribution in [0.3, 0.4) is 0 Å². The van der Waals surface area contributed by atoms with Gasteiger partial charge in [0.2, 0.25) is 5.88 Å². The van der Waals surface area contributed by atoms with Gasteiger partial charge in [0.1, 0.15) is 0 Å². The molecule has 0 aromatic carbocycles. The van der Waals surface area contributed by atoms with Gasteiger partial charge < -0.3 is 4.74 Å². The van der Waals surface area contributed by atoms with Crippen molar-refractivity contribution in [2.24, 2.45) is 0 Å². The van der Waals surface area contributed by atoms with Crippen molar-refractivity contribution in [2.45, 2.75) is 39.0 Å². The number of aromatic nitrogens is 1. The van der Waals surface area contributed by atoms with Gasteiger partial charge in [-0.05, 0) is 24.0 Å². The van der Waals surface area contributed by atoms with Crippen LogP contribution in [-0.2, 0) is 5.88 Å². The lowest BCUT2D eigenvalue weighted by Gasteiger charge is -2.10. The molecule has 3 heteroatoms. The van der Waals surface area contributed by atoms with Gasteiger partial charge in [-0.2, -0.15) is 0 Å². The van der Waals surface area contributed by atoms with E-state index in [9.17, 15) is 0 Å². The zero-order chi connectivity index (χ0) is 11.3. The van der Waals surface area contributed by atoms with Gasteiger partial charge >= 0.3 is 0 Å². The number of rotatable bonds is 5. The number of halogens is 1. The first-order chi connectivity index (χ1) is 7.17. The molecular weight excluding hydrogens is 210 g/mol. The molecule has 1 aromatic heterocycles. The van der Waals surface area contributed by atoms with Crippen molar-refractivity contribution in [1.82, 2.24) is 4.98 Å². The molecule has 1 heterocycles. The summed E-state index contributed by atoms with van der Waals surface area (Å²) in [7, 11) is 0. The summed E-state index contributed by atoms with van der Waals surface area (Å²) in [6, 6.07) is 3.95. The molecule has 0 spiro atoms. The van der Waals surface area contributed by atoms with E-state index in [1.54, 1.807) is 0 Å². The molecule has 0 bridgehead atoms. The summed E-state index contributed by atoms with van der Waals surface area (Å²) >= 11 is 5.83. The second-order valence-electron chi connectivity index (χ2n) is 3.88. The van der Waals surface area contributed by atoms with E-state index < -0.39 is 0 Å². The van der Waals surface area contributed by atoms with Crippen LogP contribution in [0, 0.1) is 0 Å². The van der Waals surface area contributed by atoms with Crippen LogP contribution in [0.5, 0.6) is 5.88 Å². The number of nitrogens with zero attached hydrogens (tertiary/aromatic N) is 1. The molecule has 0 atom stereocenters. The van der Waals surface area contributed by atoms with Gasteiger partial charge in [0.05, 0.1) is 6.61 Å². The summed E-state index contributed by atoms with van der Waals surface area (Å²) in [6.45, 7) is 7.01. The normalized spacial score (nSPS) is 10.7. The highest BCUT2D eigenvalue weighted by Crippen LogP contribution is 2.20. The Bertz CT molecular complexity index is 312. The maximum atomic E-state index is 5.83. The molecule has 0 saturated carbocycles. The van der Waals surface area contributed by atoms with Gasteiger partial charge in [0.15, 0.2) is 0 Å². The van der Waals surface area contributed by atoms with Crippen molar-refractivity contribution >= 4 is 11.6 Å². The van der Waals surface area contributed by atoms with E-state index in [1.165, 1.54) is 0 Å². The number of ether oxygens (including phenoxy) is 1. The Kier molecular flexibility index (Phi) is 4.89. The Hall–Kier alpha value is -0.760. The predicted molar refractivity (Wildman–Crippen MR) is 63.7 cm³/mol. The largest absolute Gasteiger partial charge is 0.478 e. The molecule has 1 rings (SSSR count). The molecule has 0 aliphatic rings. The average molecular weight is 228 g/mol. The lowest BCUT2D eigenvalue weighted by molar-refractivity contribution is 0.304. The van der Waals surface area contributed by atoms with E-state index in [4.69, 9.17) is 16.3 Å². The first-order valence-electron chi connectivity index (χ1n) is 5.37. The monoisotopic (exact) mass is 227 g/mol. The van der Waals surface area contributed by atoms with Crippen LogP contribution >= 0.6 is 11.6 Å². The molecule has 0 unspecified atom stereocenters. The molecule has 15 heavy (non-hydrogen) atoms. The maximum absolute atomic E-state index is 5.83. The molecule has 0 N–H and O–H groups in total. The summed E-state index contributed by atoms with van der Waals surface area (Å²) in [6.07, 6.45) is 0.990. The van der Waals surface area contributed by atoms with Crippen LogP contribution in [-0.4, -0.2) is 11.6 Å². The lowest BCUT2D eigenvalue weighted by atomic mass is 10.1. The Morgan fingerprint density at radius 2 is 2.13 bits per heavy atom. The molecule has 1 aromatic rings. The average Bonchev–Trinajstić information content (AvgIpc) is 2.25. The van der Waals surface area contributed by atoms with Crippen LogP contribution in [0.2, 0.25) is 0 Å². The molecule has 0 amide bonds. The van der Waals surface area contributed by atoms with E-state index in [0.29, 0.717) is 24.3 Å². The van der Waals surface area contributed by atoms with Crippen LogP contribution in [0.4, 0.5) is 0 Å². The van der Waals surface area contributed by atoms with Gasteiger partial charge in [-0.25, -0.2) is 4.98 Å². The molecule has 0 fully saturated rings. The van der Waals surface area contributed by atoms with Crippen LogP contribution < -0.4 is 4.74 Å². The second kappa shape index (κ2) is 5.96. The SMILES string of the molecule is CCCOc1cc(CCl)cc(C(C)C)n1. The Morgan fingerprint density at radius 3 is 2.67 bits per heavy atom. The zero-order valence-electron chi connectivity index (χ0n) is 9.59. The fourth-order valence-corrected chi connectivity index (χ4v) is 1.39. The quantitative estimate of drug-likeness (QED) is 0.715. The Morgan fingerprint density at radius 1 is 1.40 bits per heavy atom. The van der Waals surface area contributed by atoms with E-state index in [1.807, 2.05) is 12.1 Å². The molecule has 0 saturated heterocycles. The molecular formula is C12H18ClNO. The van der Waals surface area contributed by atoms with Crippen LogP contribution in [0.25, 0.3) is 0 Å². The topological polar surface area (TPSA) is 22.1 Å². The number of hydrogen-bond acceptors (Lipinski definition) is 2. The van der Waals surface area contributed by atoms with Crippen molar-refractivity contribution < 1.29 is 4.74 Å². The smallest absolute Gasteiger partial charge is 0.213 e. The van der Waals surface area contributed by atoms with Gasteiger partial charge in [-0.1, -0.05) is 20.8 Å². The molecule has 2 nitrogen and oxygen atoms in total. The minimum absolute atomic E-state index is 0.400. The standard InChI is InChI=1S/C12H18ClNO/c1-4-5-15-12-7-10(8-13)6-11(14-12)9(2)3/h6-7,9H,4-5,8H2,1-3H3. The fourth-order valence-electron chi connectivity index (χ4n) is 1.24. The van der Waals surface area contributed by atoms with Gasteiger partial charge in [-0.15, -0.1) is 11.6 Å². The third kappa shape index (κ3) is 3.71. The molecule has 0 aliphatic heterocycles. The van der Waals surface area contributed by atoms with E-state index in [0.717, 1.165) is 17.7 Å². The summed E-state index contributed by atoms with van der Waals surface area (Å²) in [4.78, 5) is 4.44. The third-order valence-electron chi connectivity index (χ3n) is 2.08. The lowest BCUT2D eigenvalue weighted by Crippen LogP contribution is -2.02. The van der Waals surface area contributed by atoms with E-state index in [-0.39, 0.29) is 0 Å². The second-order valence-corrected chi connectivity index (χ2v) is 4.14. The third-order valence-corrected chi connectivity index (χ3v) is 2.39. The van der Waals surface area contributed by atoms with Crippen molar-refractivity contribution in [2.75, 3.05) is 6.61 Å². The maximum Gasteiger partial charge on any atom is 0.213 e. The molecule has 84 valence electrons. The summed E-state index contributed by atoms with van der Waals surface area (Å²) in [5.41, 5.74) is 2.11. The van der Waals surface area contributed by atoms with Crippen molar-refractivity contribution in [3.63, 3.8) is 0 Å². The summed E-state index contributed by atoms with van der Waals surface area (Å²) < 4.78 is 5.52. The van der Waals surface area contributed by atoms with Gasteiger partial charge in [-0.3, -0.25) is 0 Å². The fraction of sp³-hybridized carbons (Fsp3) is 0.583. The Balaban J connectivity index is 2.90. The van der Waals surface area contributed by atoms with Crippen molar-refractivity contribution in [3.8, 4) is 5.88 Å². The van der Waals surface area contributed by atoms with Crippen LogP contribution in [0.1, 0.15) is 44.4 Å². The molecule has 0 aliphatic carbocycles. The van der Waals surface area contributed by atoms with Crippen molar-refractivity contribution in [3.05, 3.63) is 23.4 Å². The predicted octanol–water partition coefficient (Wildman–Crippen LogP) is 3.73. The minimum atomic E-state index is 0.400.